The molecular weight excluding hydrogens is 266 g/mol. The molecule has 2 atom stereocenters. The van der Waals surface area contributed by atoms with Crippen LogP contribution in [-0.2, 0) is 16.3 Å². The number of nitrogens with zero attached hydrogens (tertiary/aromatic N) is 2. The number of sulfone groups is 1. The van der Waals surface area contributed by atoms with E-state index in [1.165, 1.54) is 0 Å². The summed E-state index contributed by atoms with van der Waals surface area (Å²) in [7, 11) is -2.92. The summed E-state index contributed by atoms with van der Waals surface area (Å²) in [5, 5.41) is 7.20. The molecule has 2 unspecified atom stereocenters. The molecule has 1 aromatic rings. The average Bonchev–Trinajstić information content (AvgIpc) is 2.70. The Bertz CT molecular complexity index is 579. The lowest BCUT2D eigenvalue weighted by molar-refractivity contribution is 0.356. The highest BCUT2D eigenvalue weighted by Crippen LogP contribution is 2.57. The van der Waals surface area contributed by atoms with Crippen molar-refractivity contribution >= 4 is 9.84 Å². The molecule has 3 rings (SSSR count). The fourth-order valence-electron chi connectivity index (χ4n) is 2.61. The van der Waals surface area contributed by atoms with Crippen LogP contribution in [-0.4, -0.2) is 42.7 Å². The van der Waals surface area contributed by atoms with Gasteiger partial charge in [-0.1, -0.05) is 19.0 Å². The summed E-state index contributed by atoms with van der Waals surface area (Å²) < 4.78 is 28.3. The van der Waals surface area contributed by atoms with Crippen molar-refractivity contribution in [2.75, 3.05) is 18.1 Å². The van der Waals surface area contributed by atoms with E-state index in [1.54, 1.807) is 0 Å². The second-order valence-corrected chi connectivity index (χ2v) is 8.49. The highest BCUT2D eigenvalue weighted by Gasteiger charge is 2.49. The highest BCUT2D eigenvalue weighted by molar-refractivity contribution is 7.91. The zero-order valence-electron chi connectivity index (χ0n) is 11.2. The molecule has 7 heteroatoms. The van der Waals surface area contributed by atoms with Crippen LogP contribution >= 0.6 is 0 Å². The van der Waals surface area contributed by atoms with Crippen LogP contribution in [0.3, 0.4) is 0 Å². The lowest BCUT2D eigenvalue weighted by Crippen LogP contribution is -2.46. The molecule has 0 amide bonds. The van der Waals surface area contributed by atoms with Gasteiger partial charge in [0.15, 0.2) is 15.7 Å². The van der Waals surface area contributed by atoms with Crippen LogP contribution in [0.5, 0.6) is 0 Å². The van der Waals surface area contributed by atoms with E-state index in [9.17, 15) is 8.42 Å². The van der Waals surface area contributed by atoms with Gasteiger partial charge in [0.25, 0.3) is 0 Å². The number of nitrogens with one attached hydrogen (secondary N) is 1. The van der Waals surface area contributed by atoms with Crippen molar-refractivity contribution in [3.05, 3.63) is 11.7 Å². The molecule has 106 valence electrons. The maximum absolute atomic E-state index is 11.6. The summed E-state index contributed by atoms with van der Waals surface area (Å²) in [6.45, 7) is 4.87. The lowest BCUT2D eigenvalue weighted by Gasteiger charge is -2.21. The highest BCUT2D eigenvalue weighted by atomic mass is 32.2. The van der Waals surface area contributed by atoms with Gasteiger partial charge in [-0.3, -0.25) is 0 Å². The Kier molecular flexibility index (Phi) is 2.94. The van der Waals surface area contributed by atoms with E-state index >= 15 is 0 Å². The largest absolute Gasteiger partial charge is 0.339 e. The lowest BCUT2D eigenvalue weighted by atomic mass is 10.1. The first-order chi connectivity index (χ1) is 8.86. The zero-order valence-corrected chi connectivity index (χ0v) is 12.0. The molecule has 6 nitrogen and oxygen atoms in total. The molecule has 2 fully saturated rings. The second kappa shape index (κ2) is 4.28. The van der Waals surface area contributed by atoms with Crippen molar-refractivity contribution in [1.82, 2.24) is 15.5 Å². The summed E-state index contributed by atoms with van der Waals surface area (Å²) in [6.07, 6.45) is 1.57. The van der Waals surface area contributed by atoms with Crippen LogP contribution < -0.4 is 5.32 Å². The molecule has 0 radical (unpaired) electrons. The topological polar surface area (TPSA) is 85.1 Å². The van der Waals surface area contributed by atoms with Crippen molar-refractivity contribution in [2.45, 2.75) is 38.6 Å². The number of hydrogen-bond donors (Lipinski definition) is 1. The van der Waals surface area contributed by atoms with E-state index in [-0.39, 0.29) is 23.0 Å². The SMILES string of the molecule is CC1(C)CC1c1noc(CC2CS(=O)(=O)CCN2)n1. The van der Waals surface area contributed by atoms with Crippen LogP contribution in [0.1, 0.15) is 37.9 Å². The van der Waals surface area contributed by atoms with E-state index in [4.69, 9.17) is 4.52 Å². The Morgan fingerprint density at radius 3 is 2.84 bits per heavy atom. The van der Waals surface area contributed by atoms with Gasteiger partial charge in [-0.25, -0.2) is 8.42 Å². The van der Waals surface area contributed by atoms with Crippen LogP contribution in [0.2, 0.25) is 0 Å². The predicted molar refractivity (Wildman–Crippen MR) is 69.6 cm³/mol. The van der Waals surface area contributed by atoms with Gasteiger partial charge in [0.2, 0.25) is 5.89 Å². The van der Waals surface area contributed by atoms with Crippen LogP contribution in [0.15, 0.2) is 4.52 Å². The van der Waals surface area contributed by atoms with E-state index < -0.39 is 9.84 Å². The molecule has 1 N–H and O–H groups in total. The van der Waals surface area contributed by atoms with Gasteiger partial charge in [-0.2, -0.15) is 4.98 Å². The van der Waals surface area contributed by atoms with Gasteiger partial charge in [0, 0.05) is 24.9 Å². The molecule has 1 saturated heterocycles. The molecular formula is C12H19N3O3S. The van der Waals surface area contributed by atoms with E-state index in [1.807, 2.05) is 0 Å². The van der Waals surface area contributed by atoms with Crippen molar-refractivity contribution in [3.63, 3.8) is 0 Å². The Balaban J connectivity index is 1.64. The molecule has 0 bridgehead atoms. The quantitative estimate of drug-likeness (QED) is 0.871. The van der Waals surface area contributed by atoms with Crippen molar-refractivity contribution in [1.29, 1.82) is 0 Å². The second-order valence-electron chi connectivity index (χ2n) is 6.26. The standard InChI is InChI=1S/C12H19N3O3S/c1-12(2)6-9(12)11-14-10(18-15-11)5-8-7-19(16,17)4-3-13-8/h8-9,13H,3-7H2,1-2H3. The van der Waals surface area contributed by atoms with Gasteiger partial charge in [-0.15, -0.1) is 0 Å². The van der Waals surface area contributed by atoms with Crippen LogP contribution in [0.25, 0.3) is 0 Å². The van der Waals surface area contributed by atoms with Gasteiger partial charge in [0.1, 0.15) is 0 Å². The van der Waals surface area contributed by atoms with Crippen LogP contribution in [0, 0.1) is 5.41 Å². The molecule has 1 aromatic heterocycles. The van der Waals surface area contributed by atoms with Crippen molar-refractivity contribution in [3.8, 4) is 0 Å². The Labute approximate surface area is 112 Å². The summed E-state index contributed by atoms with van der Waals surface area (Å²) in [6, 6.07) is -0.112. The van der Waals surface area contributed by atoms with E-state index in [0.29, 0.717) is 24.8 Å². The summed E-state index contributed by atoms with van der Waals surface area (Å²) in [5.41, 5.74) is 0.271. The van der Waals surface area contributed by atoms with Crippen molar-refractivity contribution < 1.29 is 12.9 Å². The molecule has 2 heterocycles. The Hall–Kier alpha value is -0.950. The minimum absolute atomic E-state index is 0.112. The van der Waals surface area contributed by atoms with Gasteiger partial charge < -0.3 is 9.84 Å². The zero-order chi connectivity index (χ0) is 13.7. The first-order valence-electron chi connectivity index (χ1n) is 6.62. The smallest absolute Gasteiger partial charge is 0.228 e. The minimum Gasteiger partial charge on any atom is -0.339 e. The summed E-state index contributed by atoms with van der Waals surface area (Å²) in [5.74, 6) is 2.05. The van der Waals surface area contributed by atoms with Crippen molar-refractivity contribution in [2.24, 2.45) is 5.41 Å². The Morgan fingerprint density at radius 2 is 2.21 bits per heavy atom. The molecule has 1 aliphatic carbocycles. The fourth-order valence-corrected chi connectivity index (χ4v) is 4.05. The third-order valence-corrected chi connectivity index (χ3v) is 5.77. The maximum atomic E-state index is 11.6. The first-order valence-corrected chi connectivity index (χ1v) is 8.44. The number of rotatable bonds is 3. The monoisotopic (exact) mass is 285 g/mol. The predicted octanol–water partition coefficient (Wildman–Crippen LogP) is 0.512. The third kappa shape index (κ3) is 2.81. The van der Waals surface area contributed by atoms with E-state index in [0.717, 1.165) is 12.2 Å². The fraction of sp³-hybridized carbons (Fsp3) is 0.833. The normalized spacial score (nSPS) is 32.1. The van der Waals surface area contributed by atoms with Gasteiger partial charge >= 0.3 is 0 Å². The maximum Gasteiger partial charge on any atom is 0.228 e. The molecule has 0 spiro atoms. The average molecular weight is 285 g/mol. The minimum atomic E-state index is -2.92. The molecule has 1 saturated carbocycles. The summed E-state index contributed by atoms with van der Waals surface area (Å²) >= 11 is 0. The number of hydrogen-bond acceptors (Lipinski definition) is 6. The first kappa shape index (κ1) is 13.1. The number of aromatic nitrogens is 2. The molecule has 2 aliphatic rings. The third-order valence-electron chi connectivity index (χ3n) is 4.03. The molecule has 1 aliphatic heterocycles. The van der Waals surface area contributed by atoms with Gasteiger partial charge in [0.05, 0.1) is 11.5 Å². The van der Waals surface area contributed by atoms with Crippen LogP contribution in [0.4, 0.5) is 0 Å². The summed E-state index contributed by atoms with van der Waals surface area (Å²) in [4.78, 5) is 4.40. The molecule has 19 heavy (non-hydrogen) atoms. The molecule has 0 aromatic carbocycles. The Morgan fingerprint density at radius 1 is 1.47 bits per heavy atom. The van der Waals surface area contributed by atoms with E-state index in [2.05, 4.69) is 29.3 Å². The van der Waals surface area contributed by atoms with Gasteiger partial charge in [-0.05, 0) is 11.8 Å².